The standard InChI is InChI=1S/C12H20N4O/c1-13-11-3-2-6-16(9-11)12(17)4-7-15-8-5-14-10-15/h5,8,10-11,13H,2-4,6-7,9H2,1H3/t11-/m0/s1. The largest absolute Gasteiger partial charge is 0.341 e. The number of hydrogen-bond acceptors (Lipinski definition) is 3. The number of amides is 1. The number of nitrogens with one attached hydrogen (secondary N) is 1. The van der Waals surface area contributed by atoms with Crippen LogP contribution in [0.15, 0.2) is 18.7 Å². The highest BCUT2D eigenvalue weighted by Crippen LogP contribution is 2.11. The molecule has 17 heavy (non-hydrogen) atoms. The predicted octanol–water partition coefficient (Wildman–Crippen LogP) is 0.484. The molecule has 1 aliphatic heterocycles. The summed E-state index contributed by atoms with van der Waals surface area (Å²) in [7, 11) is 1.96. The third-order valence-electron chi connectivity index (χ3n) is 3.33. The number of aromatic nitrogens is 2. The molecule has 1 atom stereocenters. The lowest BCUT2D eigenvalue weighted by Crippen LogP contribution is -2.47. The molecule has 5 nitrogen and oxygen atoms in total. The molecule has 0 saturated carbocycles. The molecule has 0 aliphatic carbocycles. The zero-order chi connectivity index (χ0) is 12.1. The highest BCUT2D eigenvalue weighted by Gasteiger charge is 2.21. The number of carbonyl (C=O) groups is 1. The summed E-state index contributed by atoms with van der Waals surface area (Å²) in [6.45, 7) is 2.47. The number of likely N-dealkylation sites (tertiary alicyclic amines) is 1. The van der Waals surface area contributed by atoms with Crippen molar-refractivity contribution in [3.63, 3.8) is 0 Å². The summed E-state index contributed by atoms with van der Waals surface area (Å²) in [5.41, 5.74) is 0. The molecule has 0 unspecified atom stereocenters. The number of piperidine rings is 1. The van der Waals surface area contributed by atoms with Crippen molar-refractivity contribution in [1.29, 1.82) is 0 Å². The van der Waals surface area contributed by atoms with Gasteiger partial charge in [0.1, 0.15) is 0 Å². The Balaban J connectivity index is 1.79. The highest BCUT2D eigenvalue weighted by molar-refractivity contribution is 5.76. The zero-order valence-electron chi connectivity index (χ0n) is 10.3. The number of likely N-dealkylation sites (N-methyl/N-ethyl adjacent to an activating group) is 1. The van der Waals surface area contributed by atoms with Crippen molar-refractivity contribution in [1.82, 2.24) is 19.8 Å². The molecule has 1 aromatic heterocycles. The van der Waals surface area contributed by atoms with Gasteiger partial charge in [0.05, 0.1) is 6.33 Å². The molecule has 0 bridgehead atoms. The minimum atomic E-state index is 0.249. The van der Waals surface area contributed by atoms with E-state index in [4.69, 9.17) is 0 Å². The molecule has 5 heteroatoms. The number of nitrogens with zero attached hydrogens (tertiary/aromatic N) is 3. The van der Waals surface area contributed by atoms with Crippen LogP contribution in [0.1, 0.15) is 19.3 Å². The van der Waals surface area contributed by atoms with Crippen molar-refractivity contribution in [2.45, 2.75) is 31.8 Å². The van der Waals surface area contributed by atoms with E-state index in [2.05, 4.69) is 10.3 Å². The molecule has 1 fully saturated rings. The van der Waals surface area contributed by atoms with E-state index in [1.165, 1.54) is 6.42 Å². The minimum absolute atomic E-state index is 0.249. The number of hydrogen-bond donors (Lipinski definition) is 1. The number of rotatable bonds is 4. The molecule has 1 amide bonds. The summed E-state index contributed by atoms with van der Waals surface area (Å²) in [6, 6.07) is 0.459. The Morgan fingerprint density at radius 3 is 3.18 bits per heavy atom. The van der Waals surface area contributed by atoms with Crippen molar-refractivity contribution in [2.75, 3.05) is 20.1 Å². The van der Waals surface area contributed by atoms with E-state index >= 15 is 0 Å². The summed E-state index contributed by atoms with van der Waals surface area (Å²) in [4.78, 5) is 18.0. The molecular weight excluding hydrogens is 216 g/mol. The Kier molecular flexibility index (Phi) is 4.14. The van der Waals surface area contributed by atoms with Crippen LogP contribution in [0.2, 0.25) is 0 Å². The number of carbonyl (C=O) groups excluding carboxylic acids is 1. The van der Waals surface area contributed by atoms with E-state index in [0.29, 0.717) is 12.5 Å². The maximum atomic E-state index is 12.0. The second kappa shape index (κ2) is 5.82. The fourth-order valence-electron chi connectivity index (χ4n) is 2.24. The Bertz CT molecular complexity index is 349. The van der Waals surface area contributed by atoms with Gasteiger partial charge in [0.2, 0.25) is 5.91 Å². The first-order chi connectivity index (χ1) is 8.29. The molecular formula is C12H20N4O. The van der Waals surface area contributed by atoms with Gasteiger partial charge in [-0.3, -0.25) is 4.79 Å². The lowest BCUT2D eigenvalue weighted by atomic mass is 10.1. The molecule has 0 radical (unpaired) electrons. The van der Waals surface area contributed by atoms with E-state index in [9.17, 15) is 4.79 Å². The van der Waals surface area contributed by atoms with Crippen LogP contribution in [0, 0.1) is 0 Å². The van der Waals surface area contributed by atoms with Crippen LogP contribution in [0.25, 0.3) is 0 Å². The Labute approximate surface area is 102 Å². The maximum absolute atomic E-state index is 12.0. The maximum Gasteiger partial charge on any atom is 0.224 e. The van der Waals surface area contributed by atoms with Gasteiger partial charge in [0, 0.05) is 44.5 Å². The van der Waals surface area contributed by atoms with Gasteiger partial charge in [-0.2, -0.15) is 0 Å². The Morgan fingerprint density at radius 2 is 2.47 bits per heavy atom. The van der Waals surface area contributed by atoms with Crippen molar-refractivity contribution >= 4 is 5.91 Å². The molecule has 1 saturated heterocycles. The molecule has 0 aromatic carbocycles. The minimum Gasteiger partial charge on any atom is -0.341 e. The second-order valence-electron chi connectivity index (χ2n) is 4.52. The molecule has 2 rings (SSSR count). The fourth-order valence-corrected chi connectivity index (χ4v) is 2.24. The Morgan fingerprint density at radius 1 is 1.59 bits per heavy atom. The van der Waals surface area contributed by atoms with E-state index in [-0.39, 0.29) is 5.91 Å². The first kappa shape index (κ1) is 12.1. The third kappa shape index (κ3) is 3.30. The highest BCUT2D eigenvalue weighted by atomic mass is 16.2. The van der Waals surface area contributed by atoms with Crippen molar-refractivity contribution in [3.8, 4) is 0 Å². The second-order valence-corrected chi connectivity index (χ2v) is 4.52. The van der Waals surface area contributed by atoms with Gasteiger partial charge < -0.3 is 14.8 Å². The van der Waals surface area contributed by atoms with E-state index < -0.39 is 0 Å². The molecule has 94 valence electrons. The van der Waals surface area contributed by atoms with Crippen LogP contribution in [-0.2, 0) is 11.3 Å². The molecule has 2 heterocycles. The van der Waals surface area contributed by atoms with Crippen LogP contribution in [0.5, 0.6) is 0 Å². The van der Waals surface area contributed by atoms with Gasteiger partial charge in [-0.05, 0) is 19.9 Å². The first-order valence-electron chi connectivity index (χ1n) is 6.20. The third-order valence-corrected chi connectivity index (χ3v) is 3.33. The van der Waals surface area contributed by atoms with E-state index in [1.807, 2.05) is 22.7 Å². The monoisotopic (exact) mass is 236 g/mol. The quantitative estimate of drug-likeness (QED) is 0.827. The predicted molar refractivity (Wildman–Crippen MR) is 65.5 cm³/mol. The summed E-state index contributed by atoms with van der Waals surface area (Å²) in [5.74, 6) is 0.249. The summed E-state index contributed by atoms with van der Waals surface area (Å²) < 4.78 is 1.94. The van der Waals surface area contributed by atoms with Gasteiger partial charge in [-0.25, -0.2) is 4.98 Å². The molecule has 1 aliphatic rings. The van der Waals surface area contributed by atoms with Crippen LogP contribution in [0.3, 0.4) is 0 Å². The van der Waals surface area contributed by atoms with Crippen LogP contribution >= 0.6 is 0 Å². The van der Waals surface area contributed by atoms with E-state index in [1.54, 1.807) is 12.5 Å². The molecule has 1 aromatic rings. The normalized spacial score (nSPS) is 20.5. The van der Waals surface area contributed by atoms with E-state index in [0.717, 1.165) is 26.1 Å². The van der Waals surface area contributed by atoms with Crippen molar-refractivity contribution < 1.29 is 4.79 Å². The van der Waals surface area contributed by atoms with Gasteiger partial charge in [-0.1, -0.05) is 0 Å². The molecule has 1 N–H and O–H groups in total. The van der Waals surface area contributed by atoms with Crippen molar-refractivity contribution in [2.24, 2.45) is 0 Å². The number of imidazole rings is 1. The fraction of sp³-hybridized carbons (Fsp3) is 0.667. The average molecular weight is 236 g/mol. The Hall–Kier alpha value is -1.36. The summed E-state index contributed by atoms with van der Waals surface area (Å²) >= 11 is 0. The van der Waals surface area contributed by atoms with Crippen LogP contribution in [-0.4, -0.2) is 46.5 Å². The first-order valence-corrected chi connectivity index (χ1v) is 6.20. The lowest BCUT2D eigenvalue weighted by Gasteiger charge is -2.32. The van der Waals surface area contributed by atoms with Crippen LogP contribution in [0.4, 0.5) is 0 Å². The molecule has 0 spiro atoms. The van der Waals surface area contributed by atoms with Gasteiger partial charge >= 0.3 is 0 Å². The average Bonchev–Trinajstić information content (AvgIpc) is 2.89. The number of aryl methyl sites for hydroxylation is 1. The van der Waals surface area contributed by atoms with Crippen LogP contribution < -0.4 is 5.32 Å². The van der Waals surface area contributed by atoms with Crippen molar-refractivity contribution in [3.05, 3.63) is 18.7 Å². The zero-order valence-corrected chi connectivity index (χ0v) is 10.3. The topological polar surface area (TPSA) is 50.2 Å². The summed E-state index contributed by atoms with van der Waals surface area (Å²) in [5, 5.41) is 3.25. The smallest absolute Gasteiger partial charge is 0.224 e. The van der Waals surface area contributed by atoms with Gasteiger partial charge in [0.25, 0.3) is 0 Å². The summed E-state index contributed by atoms with van der Waals surface area (Å²) in [6.07, 6.45) is 8.21. The lowest BCUT2D eigenvalue weighted by molar-refractivity contribution is -0.132. The van der Waals surface area contributed by atoms with Gasteiger partial charge in [0.15, 0.2) is 0 Å². The SMILES string of the molecule is CN[C@H]1CCCN(C(=O)CCn2ccnc2)C1. The van der Waals surface area contributed by atoms with Gasteiger partial charge in [-0.15, -0.1) is 0 Å².